The van der Waals surface area contributed by atoms with Crippen LogP contribution in [0.1, 0.15) is 24.3 Å². The molecule has 1 N–H and O–H groups in total. The first-order chi connectivity index (χ1) is 9.93. The molecule has 0 atom stereocenters. The molecule has 2 aromatic rings. The number of hydrogen-bond donors (Lipinski definition) is 1. The maximum atomic E-state index is 12.1. The molecule has 0 unspecified atom stereocenters. The number of hydrogen-bond acceptors (Lipinski definition) is 4. The Morgan fingerprint density at radius 2 is 1.95 bits per heavy atom. The molecule has 1 aliphatic heterocycles. The Labute approximate surface area is 130 Å². The summed E-state index contributed by atoms with van der Waals surface area (Å²) < 4.78 is 11.9. The number of benzene rings is 1. The highest BCUT2D eigenvalue weighted by atomic mass is 79.9. The summed E-state index contributed by atoms with van der Waals surface area (Å²) in [6.45, 7) is 3.66. The largest absolute Gasteiger partial charge is 0.449 e. The second-order valence-electron chi connectivity index (χ2n) is 5.07. The Kier molecular flexibility index (Phi) is 3.33. The molecule has 0 radical (unpaired) electrons. The van der Waals surface area contributed by atoms with Crippen molar-refractivity contribution in [2.24, 2.45) is 0 Å². The number of pyridine rings is 1. The fourth-order valence-electron chi connectivity index (χ4n) is 2.03. The van der Waals surface area contributed by atoms with Gasteiger partial charge in [-0.2, -0.15) is 0 Å². The molecule has 6 heteroatoms. The summed E-state index contributed by atoms with van der Waals surface area (Å²) in [4.78, 5) is 16.2. The van der Waals surface area contributed by atoms with Gasteiger partial charge in [-0.25, -0.2) is 4.98 Å². The van der Waals surface area contributed by atoms with E-state index in [2.05, 4.69) is 26.2 Å². The van der Waals surface area contributed by atoms with Crippen LogP contribution >= 0.6 is 15.9 Å². The molecular formula is C15H13BrN2O3. The van der Waals surface area contributed by atoms with E-state index in [4.69, 9.17) is 9.47 Å². The minimum Gasteiger partial charge on any atom is -0.449 e. The van der Waals surface area contributed by atoms with Crippen LogP contribution in [0.25, 0.3) is 0 Å². The molecule has 0 saturated heterocycles. The van der Waals surface area contributed by atoms with Gasteiger partial charge in [-0.1, -0.05) is 6.07 Å². The summed E-state index contributed by atoms with van der Waals surface area (Å²) in [7, 11) is 0. The second-order valence-corrected chi connectivity index (χ2v) is 5.88. The van der Waals surface area contributed by atoms with Crippen molar-refractivity contribution in [3.8, 4) is 11.5 Å². The first kappa shape index (κ1) is 13.9. The predicted octanol–water partition coefficient (Wildman–Crippen LogP) is 3.60. The van der Waals surface area contributed by atoms with E-state index in [0.29, 0.717) is 27.5 Å². The lowest BCUT2D eigenvalue weighted by atomic mass is 10.2. The summed E-state index contributed by atoms with van der Waals surface area (Å²) in [6, 6.07) is 10.4. The molecule has 5 nitrogen and oxygen atoms in total. The Hall–Kier alpha value is -2.08. The Morgan fingerprint density at radius 3 is 2.71 bits per heavy atom. The van der Waals surface area contributed by atoms with Crippen molar-refractivity contribution in [3.05, 3.63) is 46.7 Å². The summed E-state index contributed by atoms with van der Waals surface area (Å²) >= 11 is 3.24. The topological polar surface area (TPSA) is 60.5 Å². The zero-order valence-electron chi connectivity index (χ0n) is 11.5. The molecule has 1 aromatic heterocycles. The molecule has 108 valence electrons. The van der Waals surface area contributed by atoms with Gasteiger partial charge in [-0.15, -0.1) is 0 Å². The number of carbonyl (C=O) groups excluding carboxylic acids is 1. The van der Waals surface area contributed by atoms with Gasteiger partial charge < -0.3 is 14.8 Å². The number of halogens is 1. The number of anilines is 1. The normalized spacial score (nSPS) is 14.8. The van der Waals surface area contributed by atoms with E-state index in [1.807, 2.05) is 13.8 Å². The van der Waals surface area contributed by atoms with Crippen LogP contribution in [-0.2, 0) is 0 Å². The average Bonchev–Trinajstić information content (AvgIpc) is 2.72. The molecule has 0 spiro atoms. The number of carbonyl (C=O) groups is 1. The Balaban J connectivity index is 1.79. The third-order valence-electron chi connectivity index (χ3n) is 2.86. The minimum atomic E-state index is -0.684. The van der Waals surface area contributed by atoms with Crippen LogP contribution < -0.4 is 14.8 Å². The number of aromatic nitrogens is 1. The van der Waals surface area contributed by atoms with Crippen molar-refractivity contribution < 1.29 is 14.3 Å². The van der Waals surface area contributed by atoms with Crippen LogP contribution in [0.3, 0.4) is 0 Å². The lowest BCUT2D eigenvalue weighted by Gasteiger charge is -2.16. The minimum absolute atomic E-state index is 0.283. The number of rotatable bonds is 2. The zero-order valence-corrected chi connectivity index (χ0v) is 13.1. The van der Waals surface area contributed by atoms with E-state index in [9.17, 15) is 4.79 Å². The van der Waals surface area contributed by atoms with Gasteiger partial charge in [-0.05, 0) is 40.2 Å². The van der Waals surface area contributed by atoms with E-state index in [1.54, 1.807) is 36.4 Å². The summed E-state index contributed by atoms with van der Waals surface area (Å²) in [6.07, 6.45) is 0. The van der Waals surface area contributed by atoms with Crippen molar-refractivity contribution in [1.82, 2.24) is 4.98 Å². The summed E-state index contributed by atoms with van der Waals surface area (Å²) in [5.41, 5.74) is 0.962. The molecule has 1 aromatic carbocycles. The number of nitrogens with one attached hydrogen (secondary N) is 1. The summed E-state index contributed by atoms with van der Waals surface area (Å²) in [5, 5.41) is 2.78. The van der Waals surface area contributed by atoms with Crippen LogP contribution in [0.4, 0.5) is 5.69 Å². The lowest BCUT2D eigenvalue weighted by molar-refractivity contribution is -0.0431. The fraction of sp³-hybridized carbons (Fsp3) is 0.200. The molecule has 0 bridgehead atoms. The van der Waals surface area contributed by atoms with Crippen LogP contribution in [0.15, 0.2) is 41.0 Å². The molecule has 0 fully saturated rings. The average molecular weight is 349 g/mol. The standard InChI is InChI=1S/C15H13BrN2O3/c1-15(2)20-11-7-6-9(8-12(11)21-15)17-14(19)10-4-3-5-13(16)18-10/h3-8H,1-2H3,(H,17,19). The summed E-state index contributed by atoms with van der Waals surface area (Å²) in [5.74, 6) is 0.310. The van der Waals surface area contributed by atoms with Crippen LogP contribution in [-0.4, -0.2) is 16.7 Å². The number of fused-ring (bicyclic) bond motifs is 1. The number of amides is 1. The monoisotopic (exact) mass is 348 g/mol. The first-order valence-electron chi connectivity index (χ1n) is 6.39. The van der Waals surface area contributed by atoms with Crippen LogP contribution in [0.2, 0.25) is 0 Å². The maximum absolute atomic E-state index is 12.1. The SMILES string of the molecule is CC1(C)Oc2ccc(NC(=O)c3cccc(Br)n3)cc2O1. The first-order valence-corrected chi connectivity index (χ1v) is 7.18. The zero-order chi connectivity index (χ0) is 15.0. The molecule has 1 amide bonds. The van der Waals surface area contributed by atoms with E-state index >= 15 is 0 Å². The fourth-order valence-corrected chi connectivity index (χ4v) is 2.37. The van der Waals surface area contributed by atoms with Gasteiger partial charge in [0.05, 0.1) is 0 Å². The van der Waals surface area contributed by atoms with Crippen LogP contribution in [0.5, 0.6) is 11.5 Å². The molecule has 0 saturated carbocycles. The molecule has 21 heavy (non-hydrogen) atoms. The van der Waals surface area contributed by atoms with E-state index in [0.717, 1.165) is 0 Å². The Morgan fingerprint density at radius 1 is 1.19 bits per heavy atom. The molecule has 2 heterocycles. The van der Waals surface area contributed by atoms with E-state index in [-0.39, 0.29) is 5.91 Å². The van der Waals surface area contributed by atoms with Crippen molar-refractivity contribution in [1.29, 1.82) is 0 Å². The van der Waals surface area contributed by atoms with Crippen molar-refractivity contribution in [2.75, 3.05) is 5.32 Å². The predicted molar refractivity (Wildman–Crippen MR) is 81.7 cm³/mol. The number of nitrogens with zero attached hydrogens (tertiary/aromatic N) is 1. The van der Waals surface area contributed by atoms with Gasteiger partial charge >= 0.3 is 0 Å². The van der Waals surface area contributed by atoms with Gasteiger partial charge in [0.25, 0.3) is 5.91 Å². The highest BCUT2D eigenvalue weighted by molar-refractivity contribution is 9.10. The maximum Gasteiger partial charge on any atom is 0.274 e. The third-order valence-corrected chi connectivity index (χ3v) is 3.30. The van der Waals surface area contributed by atoms with Crippen LogP contribution in [0, 0.1) is 0 Å². The quantitative estimate of drug-likeness (QED) is 0.842. The van der Waals surface area contributed by atoms with Gasteiger partial charge in [-0.3, -0.25) is 4.79 Å². The van der Waals surface area contributed by atoms with Crippen molar-refractivity contribution in [3.63, 3.8) is 0 Å². The number of ether oxygens (including phenoxy) is 2. The Bertz CT molecular complexity index is 716. The molecule has 3 rings (SSSR count). The molecule has 1 aliphatic rings. The van der Waals surface area contributed by atoms with E-state index < -0.39 is 5.79 Å². The highest BCUT2D eigenvalue weighted by Crippen LogP contribution is 2.40. The smallest absolute Gasteiger partial charge is 0.274 e. The van der Waals surface area contributed by atoms with Crippen molar-refractivity contribution in [2.45, 2.75) is 19.6 Å². The molecule has 0 aliphatic carbocycles. The molecular weight excluding hydrogens is 336 g/mol. The van der Waals surface area contributed by atoms with E-state index in [1.165, 1.54) is 0 Å². The van der Waals surface area contributed by atoms with Gasteiger partial charge in [0.2, 0.25) is 5.79 Å². The highest BCUT2D eigenvalue weighted by Gasteiger charge is 2.31. The van der Waals surface area contributed by atoms with Crippen molar-refractivity contribution >= 4 is 27.5 Å². The lowest BCUT2D eigenvalue weighted by Crippen LogP contribution is -2.29. The van der Waals surface area contributed by atoms with Gasteiger partial charge in [0.1, 0.15) is 10.3 Å². The second kappa shape index (κ2) is 5.04. The van der Waals surface area contributed by atoms with Gasteiger partial charge in [0, 0.05) is 25.6 Å². The third kappa shape index (κ3) is 3.00. The van der Waals surface area contributed by atoms with Gasteiger partial charge in [0.15, 0.2) is 11.5 Å².